The molecule has 3 rings (SSSR count). The van der Waals surface area contributed by atoms with Gasteiger partial charge in [-0.3, -0.25) is 9.59 Å². The van der Waals surface area contributed by atoms with E-state index in [4.69, 9.17) is 4.84 Å². The third-order valence-corrected chi connectivity index (χ3v) is 6.19. The second-order valence-electron chi connectivity index (χ2n) is 4.99. The molecular weight excluding hydrogens is 368 g/mol. The summed E-state index contributed by atoms with van der Waals surface area (Å²) in [6.45, 7) is -0.220. The van der Waals surface area contributed by atoms with Crippen molar-refractivity contribution in [3.05, 3.63) is 52.9 Å². The summed E-state index contributed by atoms with van der Waals surface area (Å²) < 4.78 is 26.2. The van der Waals surface area contributed by atoms with Crippen molar-refractivity contribution in [1.29, 1.82) is 0 Å². The normalized spacial score (nSPS) is 13.8. The lowest BCUT2D eigenvalue weighted by atomic mass is 10.1. The van der Waals surface area contributed by atoms with Crippen LogP contribution in [0.1, 0.15) is 27.1 Å². The van der Waals surface area contributed by atoms with Crippen molar-refractivity contribution in [1.82, 2.24) is 9.79 Å². The molecule has 1 aromatic carbocycles. The molecule has 0 bridgehead atoms. The number of fused-ring (bicyclic) bond motifs is 1. The van der Waals surface area contributed by atoms with Gasteiger partial charge in [-0.2, -0.15) is 0 Å². The number of hydrogen-bond acceptors (Lipinski definition) is 7. The van der Waals surface area contributed by atoms with Gasteiger partial charge in [-0.25, -0.2) is 17.9 Å². The summed E-state index contributed by atoms with van der Waals surface area (Å²) in [4.78, 5) is 40.7. The standard InChI is InChI=1S/C15H12N2O6S2/c18-12(7-8-16-25(21,22)13-6-3-9-24-13)23-17-14(19)10-4-1-2-5-11(10)15(17)20/h1-6,9,16H,7-8H2. The smallest absolute Gasteiger partial charge is 0.330 e. The summed E-state index contributed by atoms with van der Waals surface area (Å²) in [7, 11) is -3.69. The molecule has 1 aliphatic rings. The minimum absolute atomic E-state index is 0.126. The Bertz CT molecular complexity index is 902. The number of carbonyl (C=O) groups excluding carboxylic acids is 3. The Morgan fingerprint density at radius 1 is 1.08 bits per heavy atom. The molecule has 0 atom stereocenters. The van der Waals surface area contributed by atoms with Crippen molar-refractivity contribution >= 4 is 39.1 Å². The van der Waals surface area contributed by atoms with Crippen LogP contribution in [-0.2, 0) is 19.7 Å². The Labute approximate surface area is 147 Å². The van der Waals surface area contributed by atoms with E-state index in [0.717, 1.165) is 11.3 Å². The fourth-order valence-corrected chi connectivity index (χ4v) is 4.24. The third kappa shape index (κ3) is 3.45. The fraction of sp³-hybridized carbons (Fsp3) is 0.133. The van der Waals surface area contributed by atoms with Gasteiger partial charge in [0.25, 0.3) is 11.8 Å². The first-order valence-corrected chi connectivity index (χ1v) is 9.48. The molecule has 1 aromatic heterocycles. The van der Waals surface area contributed by atoms with Gasteiger partial charge in [0, 0.05) is 6.54 Å². The number of imide groups is 1. The van der Waals surface area contributed by atoms with E-state index in [9.17, 15) is 22.8 Å². The van der Waals surface area contributed by atoms with Crippen LogP contribution in [0.4, 0.5) is 0 Å². The van der Waals surface area contributed by atoms with E-state index < -0.39 is 27.8 Å². The van der Waals surface area contributed by atoms with Gasteiger partial charge in [0.1, 0.15) is 4.21 Å². The number of carbonyl (C=O) groups is 3. The average molecular weight is 380 g/mol. The molecule has 10 heteroatoms. The van der Waals surface area contributed by atoms with Gasteiger partial charge in [-0.05, 0) is 23.6 Å². The van der Waals surface area contributed by atoms with Gasteiger partial charge >= 0.3 is 5.97 Å². The number of hydrogen-bond donors (Lipinski definition) is 1. The average Bonchev–Trinajstić information content (AvgIpc) is 3.20. The maximum absolute atomic E-state index is 12.0. The number of nitrogens with one attached hydrogen (secondary N) is 1. The van der Waals surface area contributed by atoms with Crippen LogP contribution in [0.25, 0.3) is 0 Å². The molecule has 0 aliphatic carbocycles. The Hall–Kier alpha value is -2.56. The van der Waals surface area contributed by atoms with Gasteiger partial charge in [-0.15, -0.1) is 11.3 Å². The molecule has 2 amide bonds. The van der Waals surface area contributed by atoms with E-state index in [0.29, 0.717) is 5.06 Å². The summed E-state index contributed by atoms with van der Waals surface area (Å²) >= 11 is 1.04. The summed E-state index contributed by atoms with van der Waals surface area (Å²) in [5.41, 5.74) is 0.303. The van der Waals surface area contributed by atoms with Gasteiger partial charge < -0.3 is 4.84 Å². The highest BCUT2D eigenvalue weighted by molar-refractivity contribution is 7.91. The van der Waals surface area contributed by atoms with Crippen molar-refractivity contribution in [2.45, 2.75) is 10.6 Å². The highest BCUT2D eigenvalue weighted by Crippen LogP contribution is 2.22. The molecule has 130 valence electrons. The van der Waals surface area contributed by atoms with E-state index in [1.807, 2.05) is 0 Å². The molecular formula is C15H12N2O6S2. The summed E-state index contributed by atoms with van der Waals surface area (Å²) in [5.74, 6) is -2.36. The van der Waals surface area contributed by atoms with E-state index in [1.54, 1.807) is 23.6 Å². The zero-order valence-corrected chi connectivity index (χ0v) is 14.3. The molecule has 2 heterocycles. The van der Waals surface area contributed by atoms with Crippen molar-refractivity contribution < 1.29 is 27.6 Å². The van der Waals surface area contributed by atoms with Crippen molar-refractivity contribution in [3.8, 4) is 0 Å². The molecule has 1 aliphatic heterocycles. The lowest BCUT2D eigenvalue weighted by molar-refractivity contribution is -0.168. The first-order valence-electron chi connectivity index (χ1n) is 7.12. The lowest BCUT2D eigenvalue weighted by Crippen LogP contribution is -2.34. The van der Waals surface area contributed by atoms with E-state index in [2.05, 4.69) is 4.72 Å². The molecule has 0 fully saturated rings. The molecule has 8 nitrogen and oxygen atoms in total. The SMILES string of the molecule is O=C(CCNS(=O)(=O)c1cccs1)ON1C(=O)c2ccccc2C1=O. The number of rotatable bonds is 6. The Morgan fingerprint density at radius 2 is 1.72 bits per heavy atom. The maximum Gasteiger partial charge on any atom is 0.334 e. The Morgan fingerprint density at radius 3 is 2.28 bits per heavy atom. The molecule has 25 heavy (non-hydrogen) atoms. The number of nitrogens with zero attached hydrogens (tertiary/aromatic N) is 1. The number of hydroxylamine groups is 2. The van der Waals surface area contributed by atoms with Crippen LogP contribution in [0.5, 0.6) is 0 Å². The van der Waals surface area contributed by atoms with Crippen LogP contribution in [0.15, 0.2) is 46.0 Å². The van der Waals surface area contributed by atoms with Crippen molar-refractivity contribution in [3.63, 3.8) is 0 Å². The van der Waals surface area contributed by atoms with Crippen LogP contribution >= 0.6 is 11.3 Å². The predicted octanol–water partition coefficient (Wildman–Crippen LogP) is 1.17. The van der Waals surface area contributed by atoms with Crippen LogP contribution < -0.4 is 4.72 Å². The topological polar surface area (TPSA) is 110 Å². The minimum atomic E-state index is -3.69. The Kier molecular flexibility index (Phi) is 4.66. The van der Waals surface area contributed by atoms with Gasteiger partial charge in [0.15, 0.2) is 0 Å². The summed E-state index contributed by atoms with van der Waals surface area (Å²) in [6.07, 6.45) is -0.335. The summed E-state index contributed by atoms with van der Waals surface area (Å²) in [6, 6.07) is 9.13. The zero-order valence-electron chi connectivity index (χ0n) is 12.7. The highest BCUT2D eigenvalue weighted by atomic mass is 32.2. The lowest BCUT2D eigenvalue weighted by Gasteiger charge is -2.12. The Balaban J connectivity index is 1.56. The molecule has 1 N–H and O–H groups in total. The van der Waals surface area contributed by atoms with Crippen molar-refractivity contribution in [2.24, 2.45) is 0 Å². The first kappa shape index (κ1) is 17.3. The predicted molar refractivity (Wildman–Crippen MR) is 87.2 cm³/mol. The van der Waals surface area contributed by atoms with Crippen LogP contribution in [-0.4, -0.2) is 37.8 Å². The van der Waals surface area contributed by atoms with E-state index in [1.165, 1.54) is 18.2 Å². The molecule has 0 spiro atoms. The number of amides is 2. The van der Waals surface area contributed by atoms with Crippen LogP contribution in [0.2, 0.25) is 0 Å². The molecule has 0 saturated carbocycles. The molecule has 2 aromatic rings. The number of benzene rings is 1. The number of sulfonamides is 1. The van der Waals surface area contributed by atoms with Gasteiger partial charge in [-0.1, -0.05) is 23.3 Å². The van der Waals surface area contributed by atoms with Gasteiger partial charge in [0.2, 0.25) is 10.0 Å². The highest BCUT2D eigenvalue weighted by Gasteiger charge is 2.38. The zero-order chi connectivity index (χ0) is 18.0. The maximum atomic E-state index is 12.0. The van der Waals surface area contributed by atoms with Crippen molar-refractivity contribution in [2.75, 3.05) is 6.54 Å². The largest absolute Gasteiger partial charge is 0.334 e. The number of thiophene rings is 1. The fourth-order valence-electron chi connectivity index (χ4n) is 2.17. The van der Waals surface area contributed by atoms with E-state index in [-0.39, 0.29) is 28.3 Å². The summed E-state index contributed by atoms with van der Waals surface area (Å²) in [5, 5.41) is 2.01. The third-order valence-electron chi connectivity index (χ3n) is 3.33. The van der Waals surface area contributed by atoms with Gasteiger partial charge in [0.05, 0.1) is 17.5 Å². The second-order valence-corrected chi connectivity index (χ2v) is 7.93. The monoisotopic (exact) mass is 380 g/mol. The van der Waals surface area contributed by atoms with Crippen LogP contribution in [0.3, 0.4) is 0 Å². The quantitative estimate of drug-likeness (QED) is 0.754. The first-order chi connectivity index (χ1) is 11.9. The minimum Gasteiger partial charge on any atom is -0.330 e. The molecule has 0 saturated heterocycles. The molecule has 0 unspecified atom stereocenters. The van der Waals surface area contributed by atoms with Crippen LogP contribution in [0, 0.1) is 0 Å². The second kappa shape index (κ2) is 6.75. The van der Waals surface area contributed by atoms with E-state index >= 15 is 0 Å². The molecule has 0 radical (unpaired) electrons.